The van der Waals surface area contributed by atoms with Crippen molar-refractivity contribution in [2.24, 2.45) is 0 Å². The maximum Gasteiger partial charge on any atom is 0.573 e. The number of hydrogen-bond donors (Lipinski definition) is 3. The van der Waals surface area contributed by atoms with E-state index in [1.165, 1.54) is 24.3 Å². The molecule has 0 fully saturated rings. The summed E-state index contributed by atoms with van der Waals surface area (Å²) in [6.07, 6.45) is -3.21. The van der Waals surface area contributed by atoms with Crippen LogP contribution in [0.2, 0.25) is 0 Å². The number of benzene rings is 2. The van der Waals surface area contributed by atoms with Crippen LogP contribution in [0.1, 0.15) is 32.9 Å². The summed E-state index contributed by atoms with van der Waals surface area (Å²) in [4.78, 5) is 27.2. The van der Waals surface area contributed by atoms with Gasteiger partial charge in [0.25, 0.3) is 5.91 Å². The number of aromatic amines is 1. The zero-order valence-corrected chi connectivity index (χ0v) is 16.9. The number of aryl methyl sites for hydroxylation is 1. The highest BCUT2D eigenvalue weighted by molar-refractivity contribution is 6.36. The summed E-state index contributed by atoms with van der Waals surface area (Å²) in [6.45, 7) is 3.29. The number of carboxylic acid groups (broad SMARTS) is 1. The van der Waals surface area contributed by atoms with Crippen LogP contribution in [0.5, 0.6) is 5.75 Å². The Kier molecular flexibility index (Phi) is 5.04. The summed E-state index contributed by atoms with van der Waals surface area (Å²) < 4.78 is 41.2. The van der Waals surface area contributed by atoms with Gasteiger partial charge in [-0.3, -0.25) is 4.79 Å². The fraction of sp³-hybridized carbons (Fsp3) is 0.130. The van der Waals surface area contributed by atoms with Gasteiger partial charge in [0.2, 0.25) is 0 Å². The van der Waals surface area contributed by atoms with Crippen LogP contribution in [0.4, 0.5) is 18.9 Å². The second kappa shape index (κ2) is 7.60. The number of amides is 1. The Bertz CT molecular complexity index is 1270. The molecule has 6 nitrogen and oxygen atoms in total. The lowest BCUT2D eigenvalue weighted by Gasteiger charge is -2.11. The van der Waals surface area contributed by atoms with Crippen molar-refractivity contribution in [1.82, 2.24) is 4.98 Å². The molecule has 9 heteroatoms. The van der Waals surface area contributed by atoms with E-state index in [0.717, 1.165) is 0 Å². The van der Waals surface area contributed by atoms with Crippen molar-refractivity contribution in [1.29, 1.82) is 0 Å². The van der Waals surface area contributed by atoms with Gasteiger partial charge in [-0.25, -0.2) is 4.79 Å². The minimum absolute atomic E-state index is 0.143. The van der Waals surface area contributed by atoms with Crippen LogP contribution in [0, 0.1) is 13.8 Å². The molecule has 0 aliphatic carbocycles. The van der Waals surface area contributed by atoms with Gasteiger partial charge in [-0.15, -0.1) is 13.2 Å². The second-order valence-corrected chi connectivity index (χ2v) is 7.28. The first-order valence-electron chi connectivity index (χ1n) is 9.50. The van der Waals surface area contributed by atoms with Crippen LogP contribution in [0.15, 0.2) is 42.5 Å². The highest BCUT2D eigenvalue weighted by atomic mass is 19.4. The molecule has 32 heavy (non-hydrogen) atoms. The minimum Gasteiger partial charge on any atom is -0.478 e. The zero-order valence-electron chi connectivity index (χ0n) is 16.9. The largest absolute Gasteiger partial charge is 0.573 e. The Balaban J connectivity index is 1.80. The van der Waals surface area contributed by atoms with Gasteiger partial charge in [0.1, 0.15) is 5.75 Å². The Morgan fingerprint density at radius 1 is 1.09 bits per heavy atom. The third-order valence-electron chi connectivity index (χ3n) is 5.20. The number of alkyl halides is 3. The van der Waals surface area contributed by atoms with Crippen molar-refractivity contribution < 1.29 is 32.6 Å². The van der Waals surface area contributed by atoms with E-state index < -0.39 is 12.3 Å². The summed E-state index contributed by atoms with van der Waals surface area (Å²) in [5.74, 6) is -1.79. The van der Waals surface area contributed by atoms with Crippen molar-refractivity contribution in [3.63, 3.8) is 0 Å². The van der Waals surface area contributed by atoms with E-state index in [1.807, 2.05) is 0 Å². The Morgan fingerprint density at radius 3 is 2.38 bits per heavy atom. The van der Waals surface area contributed by atoms with Gasteiger partial charge in [0.15, 0.2) is 0 Å². The Hall–Kier alpha value is -4.01. The fourth-order valence-electron chi connectivity index (χ4n) is 3.85. The molecule has 0 saturated heterocycles. The van der Waals surface area contributed by atoms with Crippen molar-refractivity contribution in [2.75, 3.05) is 5.32 Å². The number of fused-ring (bicyclic) bond motifs is 1. The van der Waals surface area contributed by atoms with Crippen LogP contribution >= 0.6 is 0 Å². The molecule has 0 radical (unpaired) electrons. The van der Waals surface area contributed by atoms with E-state index in [1.54, 1.807) is 38.1 Å². The first kappa shape index (κ1) is 21.2. The number of anilines is 1. The first-order chi connectivity index (χ1) is 15.0. The molecule has 1 aliphatic rings. The number of carbonyl (C=O) groups excluding carboxylic acids is 1. The van der Waals surface area contributed by atoms with Gasteiger partial charge in [-0.1, -0.05) is 24.3 Å². The average Bonchev–Trinajstić information content (AvgIpc) is 3.16. The molecule has 4 rings (SSSR count). The fourth-order valence-corrected chi connectivity index (χ4v) is 3.85. The standard InChI is InChI=1S/C23H17F3N2O4/c1-11-18(27-12(2)19(11)22(30)31)10-16-20-15(4-3-5-17(20)28-21(16)29)13-6-8-14(9-7-13)32-23(24,25)26/h3-10,27H,1-2H3,(H,28,29)(H,30,31)/b16-10-. The molecule has 0 saturated carbocycles. The number of ether oxygens (including phenoxy) is 1. The van der Waals surface area contributed by atoms with Crippen molar-refractivity contribution in [3.05, 3.63) is 70.5 Å². The smallest absolute Gasteiger partial charge is 0.478 e. The van der Waals surface area contributed by atoms with Gasteiger partial charge in [-0.05, 0) is 54.8 Å². The zero-order chi connectivity index (χ0) is 23.2. The van der Waals surface area contributed by atoms with E-state index >= 15 is 0 Å². The summed E-state index contributed by atoms with van der Waals surface area (Å²) in [7, 11) is 0. The lowest BCUT2D eigenvalue weighted by atomic mass is 9.94. The highest BCUT2D eigenvalue weighted by Gasteiger charge is 2.31. The Labute approximate surface area is 180 Å². The predicted octanol–water partition coefficient (Wildman–Crippen LogP) is 5.39. The molecule has 0 spiro atoms. The molecule has 3 N–H and O–H groups in total. The van der Waals surface area contributed by atoms with Gasteiger partial charge < -0.3 is 20.1 Å². The first-order valence-corrected chi connectivity index (χ1v) is 9.50. The number of aromatic nitrogens is 1. The SMILES string of the molecule is Cc1[nH]c(/C=C2\C(=O)Nc3cccc(-c4ccc(OC(F)(F)F)cc4)c32)c(C)c1C(=O)O. The third-order valence-corrected chi connectivity index (χ3v) is 5.20. The summed E-state index contributed by atoms with van der Waals surface area (Å²) >= 11 is 0. The summed E-state index contributed by atoms with van der Waals surface area (Å²) in [5, 5.41) is 12.2. The van der Waals surface area contributed by atoms with Gasteiger partial charge in [0.05, 0.1) is 11.1 Å². The molecule has 0 bridgehead atoms. The molecule has 2 heterocycles. The van der Waals surface area contributed by atoms with Crippen molar-refractivity contribution >= 4 is 29.2 Å². The minimum atomic E-state index is -4.79. The van der Waals surface area contributed by atoms with Crippen LogP contribution in [0.3, 0.4) is 0 Å². The molecule has 164 valence electrons. The monoisotopic (exact) mass is 442 g/mol. The average molecular weight is 442 g/mol. The number of rotatable bonds is 4. The molecular formula is C23H17F3N2O4. The molecular weight excluding hydrogens is 425 g/mol. The maximum absolute atomic E-state index is 12.7. The van der Waals surface area contributed by atoms with E-state index in [2.05, 4.69) is 15.0 Å². The molecule has 1 aromatic heterocycles. The van der Waals surface area contributed by atoms with Gasteiger partial charge in [0, 0.05) is 22.6 Å². The maximum atomic E-state index is 12.7. The lowest BCUT2D eigenvalue weighted by molar-refractivity contribution is -0.274. The predicted molar refractivity (Wildman–Crippen MR) is 112 cm³/mol. The van der Waals surface area contributed by atoms with E-state index in [4.69, 9.17) is 0 Å². The van der Waals surface area contributed by atoms with E-state index in [9.17, 15) is 27.9 Å². The van der Waals surface area contributed by atoms with Crippen LogP contribution < -0.4 is 10.1 Å². The second-order valence-electron chi connectivity index (χ2n) is 7.28. The van der Waals surface area contributed by atoms with Gasteiger partial charge in [-0.2, -0.15) is 0 Å². The van der Waals surface area contributed by atoms with Crippen LogP contribution in [-0.2, 0) is 4.79 Å². The number of aromatic carboxylic acids is 1. The molecule has 1 amide bonds. The van der Waals surface area contributed by atoms with Crippen LogP contribution in [-0.4, -0.2) is 28.3 Å². The summed E-state index contributed by atoms with van der Waals surface area (Å²) in [6, 6.07) is 10.6. The lowest BCUT2D eigenvalue weighted by Crippen LogP contribution is -2.16. The number of halogens is 3. The van der Waals surface area contributed by atoms with E-state index in [-0.39, 0.29) is 17.2 Å². The molecule has 0 unspecified atom stereocenters. The number of carboxylic acids is 1. The number of H-pyrrole nitrogens is 1. The number of hydrogen-bond acceptors (Lipinski definition) is 3. The topological polar surface area (TPSA) is 91.4 Å². The highest BCUT2D eigenvalue weighted by Crippen LogP contribution is 2.41. The number of carbonyl (C=O) groups is 2. The normalized spacial score (nSPS) is 14.4. The van der Waals surface area contributed by atoms with Crippen molar-refractivity contribution in [2.45, 2.75) is 20.2 Å². The molecule has 2 aromatic carbocycles. The number of nitrogens with one attached hydrogen (secondary N) is 2. The quantitative estimate of drug-likeness (QED) is 0.473. The molecule has 3 aromatic rings. The molecule has 0 atom stereocenters. The van der Waals surface area contributed by atoms with Crippen LogP contribution in [0.25, 0.3) is 22.8 Å². The van der Waals surface area contributed by atoms with Gasteiger partial charge >= 0.3 is 12.3 Å². The summed E-state index contributed by atoms with van der Waals surface area (Å²) in [5.41, 5.74) is 4.25. The van der Waals surface area contributed by atoms with E-state index in [0.29, 0.717) is 44.9 Å². The Morgan fingerprint density at radius 2 is 1.78 bits per heavy atom. The molecule has 1 aliphatic heterocycles. The third kappa shape index (κ3) is 3.84. The van der Waals surface area contributed by atoms with Crippen molar-refractivity contribution in [3.8, 4) is 16.9 Å².